The molecule has 5 atom stereocenters. The monoisotopic (exact) mass is 568 g/mol. The molecule has 3 aliphatic rings. The van der Waals surface area contributed by atoms with E-state index >= 15 is 0 Å². The molecule has 9 heteroatoms. The molecule has 1 spiro atoms. The number of rotatable bonds is 13. The summed E-state index contributed by atoms with van der Waals surface area (Å²) in [5, 5.41) is 9.64. The molecule has 3 heterocycles. The second-order valence-corrected chi connectivity index (χ2v) is 13.2. The number of amides is 3. The predicted octanol–water partition coefficient (Wildman–Crippen LogP) is 3.56. The highest BCUT2D eigenvalue weighted by Gasteiger charge is 2.77. The van der Waals surface area contributed by atoms with Crippen LogP contribution < -0.4 is 9.80 Å². The van der Waals surface area contributed by atoms with Gasteiger partial charge >= 0.3 is 0 Å². The van der Waals surface area contributed by atoms with E-state index in [0.717, 1.165) is 30.9 Å². The Morgan fingerprint density at radius 3 is 2.27 bits per heavy atom. The van der Waals surface area contributed by atoms with Crippen LogP contribution in [0.2, 0.25) is 0 Å². The minimum atomic E-state index is -0.728. The third-order valence-corrected chi connectivity index (χ3v) is 11.0. The van der Waals surface area contributed by atoms with E-state index in [2.05, 4.69) is 38.8 Å². The largest absolute Gasteiger partial charge is 0.396 e. The first-order valence-electron chi connectivity index (χ1n) is 14.4. The van der Waals surface area contributed by atoms with Crippen molar-refractivity contribution in [2.24, 2.45) is 11.8 Å². The maximum atomic E-state index is 14.6. The molecule has 0 radical (unpaired) electrons. The summed E-state index contributed by atoms with van der Waals surface area (Å²) < 4.78 is -1.13. The molecule has 2 unspecified atom stereocenters. The topological polar surface area (TPSA) is 84.4 Å². The zero-order valence-electron chi connectivity index (χ0n) is 24.3. The van der Waals surface area contributed by atoms with Crippen LogP contribution in [-0.2, 0) is 14.4 Å². The number of benzene rings is 1. The van der Waals surface area contributed by atoms with E-state index < -0.39 is 27.4 Å². The third-order valence-electron chi connectivity index (χ3n) is 8.98. The number of fused-ring (bicyclic) bond motifs is 1. The summed E-state index contributed by atoms with van der Waals surface area (Å²) >= 11 is 1.67. The van der Waals surface area contributed by atoms with Crippen LogP contribution in [0.15, 0.2) is 49.6 Å². The van der Waals surface area contributed by atoms with Crippen molar-refractivity contribution >= 4 is 40.9 Å². The number of hydrogen-bond donors (Lipinski definition) is 1. The SMILES string of the molecule is C=CCN(C)C(=O)[C@@H]1[C@H]2C(=O)N(CCCO)C(C(=O)N(CC=C)c3ccc(N(CC)CC)cc3)C23CC[C@@]1(C)S3. The minimum absolute atomic E-state index is 0.0695. The molecule has 2 bridgehead atoms. The smallest absolute Gasteiger partial charge is 0.251 e. The van der Waals surface area contributed by atoms with Gasteiger partial charge in [0, 0.05) is 62.5 Å². The Kier molecular flexibility index (Phi) is 9.05. The van der Waals surface area contributed by atoms with Crippen LogP contribution in [0.4, 0.5) is 11.4 Å². The molecule has 1 N–H and O–H groups in total. The van der Waals surface area contributed by atoms with Crippen molar-refractivity contribution in [2.75, 3.05) is 56.2 Å². The molecule has 1 aromatic carbocycles. The molecular formula is C31H44N4O4S. The number of carbonyl (C=O) groups is 3. The molecule has 218 valence electrons. The maximum absolute atomic E-state index is 14.6. The van der Waals surface area contributed by atoms with Gasteiger partial charge in [0.25, 0.3) is 5.91 Å². The number of hydrogen-bond acceptors (Lipinski definition) is 6. The summed E-state index contributed by atoms with van der Waals surface area (Å²) in [5.41, 5.74) is 1.83. The van der Waals surface area contributed by atoms with Crippen LogP contribution >= 0.6 is 11.8 Å². The van der Waals surface area contributed by atoms with Gasteiger partial charge in [0.1, 0.15) is 6.04 Å². The number of aliphatic hydroxyl groups is 1. The molecule has 0 aliphatic carbocycles. The van der Waals surface area contributed by atoms with E-state index in [1.165, 1.54) is 0 Å². The van der Waals surface area contributed by atoms with Crippen molar-refractivity contribution in [3.63, 3.8) is 0 Å². The highest BCUT2D eigenvalue weighted by atomic mass is 32.2. The Bertz CT molecular complexity index is 1140. The van der Waals surface area contributed by atoms with Crippen molar-refractivity contribution < 1.29 is 19.5 Å². The van der Waals surface area contributed by atoms with E-state index in [1.807, 2.05) is 24.3 Å². The standard InChI is InChI=1S/C31H44N4O4S/c1-7-18-32(6)27(37)24-25-28(38)35(20-11-21-36)26(31(25)17-16-30(24,5)40-31)29(39)34(19-8-2)23-14-12-22(13-15-23)33(9-3)10-4/h7-8,12-15,24-26,36H,1-2,9-11,16-21H2,3-6H3/t24-,25-,26?,30+,31?/m0/s1. The van der Waals surface area contributed by atoms with Gasteiger partial charge in [0.2, 0.25) is 11.8 Å². The highest BCUT2D eigenvalue weighted by Crippen LogP contribution is 2.71. The first-order chi connectivity index (χ1) is 19.1. The average molecular weight is 569 g/mol. The Morgan fingerprint density at radius 2 is 1.70 bits per heavy atom. The molecule has 3 fully saturated rings. The number of anilines is 2. The molecule has 4 rings (SSSR count). The van der Waals surface area contributed by atoms with Gasteiger partial charge < -0.3 is 24.7 Å². The maximum Gasteiger partial charge on any atom is 0.251 e. The zero-order chi connectivity index (χ0) is 29.2. The van der Waals surface area contributed by atoms with Crippen LogP contribution in [0.5, 0.6) is 0 Å². The number of likely N-dealkylation sites (tertiary alicyclic amines) is 1. The lowest BCUT2D eigenvalue weighted by molar-refractivity contribution is -0.144. The Labute approximate surface area is 243 Å². The molecule has 3 amide bonds. The summed E-state index contributed by atoms with van der Waals surface area (Å²) in [4.78, 5) is 49.8. The summed E-state index contributed by atoms with van der Waals surface area (Å²) in [6.45, 7) is 16.6. The second-order valence-electron chi connectivity index (χ2n) is 11.3. The number of thioether (sulfide) groups is 1. The molecule has 0 saturated carbocycles. The van der Waals surface area contributed by atoms with Gasteiger partial charge in [-0.05, 0) is 64.3 Å². The van der Waals surface area contributed by atoms with Gasteiger partial charge in [0.05, 0.1) is 16.6 Å². The van der Waals surface area contributed by atoms with Crippen molar-refractivity contribution in [3.05, 3.63) is 49.6 Å². The number of aliphatic hydroxyl groups excluding tert-OH is 1. The molecule has 3 aliphatic heterocycles. The van der Waals surface area contributed by atoms with E-state index in [0.29, 0.717) is 25.9 Å². The summed E-state index contributed by atoms with van der Waals surface area (Å²) in [7, 11) is 1.75. The van der Waals surface area contributed by atoms with Gasteiger partial charge in [-0.25, -0.2) is 0 Å². The van der Waals surface area contributed by atoms with Crippen LogP contribution in [0.3, 0.4) is 0 Å². The fraction of sp³-hybridized carbons (Fsp3) is 0.581. The fourth-order valence-corrected chi connectivity index (χ4v) is 9.46. The summed E-state index contributed by atoms with van der Waals surface area (Å²) in [6.07, 6.45) is 5.21. The molecule has 1 aromatic rings. The van der Waals surface area contributed by atoms with Crippen LogP contribution in [0.1, 0.15) is 40.0 Å². The van der Waals surface area contributed by atoms with Crippen molar-refractivity contribution in [2.45, 2.75) is 55.6 Å². The zero-order valence-corrected chi connectivity index (χ0v) is 25.2. The summed E-state index contributed by atoms with van der Waals surface area (Å²) in [5.74, 6) is -1.48. The minimum Gasteiger partial charge on any atom is -0.396 e. The van der Waals surface area contributed by atoms with Gasteiger partial charge in [-0.2, -0.15) is 0 Å². The molecular weight excluding hydrogens is 524 g/mol. The van der Waals surface area contributed by atoms with Gasteiger partial charge in [-0.15, -0.1) is 24.9 Å². The third kappa shape index (κ3) is 4.85. The van der Waals surface area contributed by atoms with E-state index in [-0.39, 0.29) is 30.9 Å². The highest BCUT2D eigenvalue weighted by molar-refractivity contribution is 8.02. The second kappa shape index (κ2) is 12.0. The van der Waals surface area contributed by atoms with Gasteiger partial charge in [0.15, 0.2) is 0 Å². The van der Waals surface area contributed by atoms with E-state index in [9.17, 15) is 19.5 Å². The lowest BCUT2D eigenvalue weighted by atomic mass is 9.66. The fourth-order valence-electron chi connectivity index (χ4n) is 7.12. The summed E-state index contributed by atoms with van der Waals surface area (Å²) in [6, 6.07) is 7.23. The molecule has 8 nitrogen and oxygen atoms in total. The normalized spacial score (nSPS) is 28.4. The predicted molar refractivity (Wildman–Crippen MR) is 163 cm³/mol. The molecule has 3 saturated heterocycles. The number of carbonyl (C=O) groups excluding carboxylic acids is 3. The van der Waals surface area contributed by atoms with Crippen molar-refractivity contribution in [1.82, 2.24) is 9.80 Å². The number of likely N-dealkylation sites (N-methyl/N-ethyl adjacent to an activating group) is 1. The van der Waals surface area contributed by atoms with Crippen LogP contribution in [0.25, 0.3) is 0 Å². The molecule has 0 aromatic heterocycles. The first-order valence-corrected chi connectivity index (χ1v) is 15.2. The van der Waals surface area contributed by atoms with Crippen molar-refractivity contribution in [3.8, 4) is 0 Å². The van der Waals surface area contributed by atoms with Crippen LogP contribution in [-0.4, -0.2) is 94.5 Å². The number of nitrogens with zero attached hydrogens (tertiary/aromatic N) is 4. The van der Waals surface area contributed by atoms with E-state index in [4.69, 9.17) is 0 Å². The lowest BCUT2D eigenvalue weighted by Crippen LogP contribution is -2.55. The Hall–Kier alpha value is -2.78. The van der Waals surface area contributed by atoms with E-state index in [1.54, 1.807) is 45.7 Å². The van der Waals surface area contributed by atoms with Gasteiger partial charge in [-0.3, -0.25) is 14.4 Å². The average Bonchev–Trinajstić information content (AvgIpc) is 3.51. The Morgan fingerprint density at radius 1 is 1.07 bits per heavy atom. The van der Waals surface area contributed by atoms with Crippen LogP contribution in [0, 0.1) is 11.8 Å². The lowest BCUT2D eigenvalue weighted by Gasteiger charge is -2.38. The quantitative estimate of drug-likeness (QED) is 0.367. The van der Waals surface area contributed by atoms with Gasteiger partial charge in [-0.1, -0.05) is 12.2 Å². The van der Waals surface area contributed by atoms with Crippen molar-refractivity contribution in [1.29, 1.82) is 0 Å². The first kappa shape index (κ1) is 30.2. The Balaban J connectivity index is 1.75. The molecule has 40 heavy (non-hydrogen) atoms.